The van der Waals surface area contributed by atoms with Crippen LogP contribution in [0.2, 0.25) is 5.02 Å². The van der Waals surface area contributed by atoms with Crippen LogP contribution in [-0.2, 0) is 32.6 Å². The predicted molar refractivity (Wildman–Crippen MR) is 188 cm³/mol. The van der Waals surface area contributed by atoms with E-state index in [1.54, 1.807) is 48.2 Å². The van der Waals surface area contributed by atoms with Crippen LogP contribution in [0.25, 0.3) is 0 Å². The molecule has 0 radical (unpaired) electrons. The second kappa shape index (κ2) is 15.6. The van der Waals surface area contributed by atoms with Crippen LogP contribution < -0.4 is 9.62 Å². The molecule has 4 aromatic rings. The number of nitrogens with zero attached hydrogens (tertiary/aromatic N) is 2. The van der Waals surface area contributed by atoms with Crippen molar-refractivity contribution in [3.8, 4) is 0 Å². The number of carbonyl (C=O) groups excluding carboxylic acids is 2. The zero-order chi connectivity index (χ0) is 33.4. The molecular formula is C38H42ClN3O4S. The van der Waals surface area contributed by atoms with Gasteiger partial charge >= 0.3 is 0 Å². The van der Waals surface area contributed by atoms with Crippen molar-refractivity contribution in [1.82, 2.24) is 10.2 Å². The average Bonchev–Trinajstić information content (AvgIpc) is 3.08. The lowest BCUT2D eigenvalue weighted by Gasteiger charge is -2.35. The van der Waals surface area contributed by atoms with Crippen molar-refractivity contribution in [2.75, 3.05) is 10.8 Å². The molecule has 2 amide bonds. The van der Waals surface area contributed by atoms with E-state index in [2.05, 4.69) is 5.32 Å². The summed E-state index contributed by atoms with van der Waals surface area (Å²) in [5.41, 5.74) is 3.75. The first-order chi connectivity index (χ1) is 22.6. The fourth-order valence-corrected chi connectivity index (χ4v) is 7.73. The van der Waals surface area contributed by atoms with Gasteiger partial charge in [-0.15, -0.1) is 0 Å². The Morgan fingerprint density at radius 1 is 0.830 bits per heavy atom. The maximum Gasteiger partial charge on any atom is 0.264 e. The van der Waals surface area contributed by atoms with E-state index in [0.717, 1.165) is 53.1 Å². The number of halogens is 1. The van der Waals surface area contributed by atoms with E-state index in [1.165, 1.54) is 12.1 Å². The van der Waals surface area contributed by atoms with Gasteiger partial charge in [-0.05, 0) is 67.6 Å². The van der Waals surface area contributed by atoms with Gasteiger partial charge in [-0.25, -0.2) is 8.42 Å². The van der Waals surface area contributed by atoms with Gasteiger partial charge < -0.3 is 10.2 Å². The third-order valence-electron chi connectivity index (χ3n) is 8.75. The molecule has 1 fully saturated rings. The number of amides is 2. The normalized spacial score (nSPS) is 14.3. The number of aryl methyl sites for hydroxylation is 2. The standard InChI is InChI=1S/C38H42ClN3O4S/c1-28-18-21-31(22-19-28)26-41(36(24-30-12-6-3-7-13-30)38(44)40-33-14-8-4-9-15-33)37(43)27-42(35-25-32(39)23-20-29(35)2)47(45,46)34-16-10-5-11-17-34/h3,5-7,10-13,16-23,25,33,36H,4,8-9,14-15,24,26-27H2,1-2H3,(H,40,44). The van der Waals surface area contributed by atoms with Gasteiger partial charge in [0, 0.05) is 24.0 Å². The van der Waals surface area contributed by atoms with E-state index in [4.69, 9.17) is 11.6 Å². The van der Waals surface area contributed by atoms with Gasteiger partial charge in [-0.3, -0.25) is 13.9 Å². The number of hydrogen-bond acceptors (Lipinski definition) is 4. The Bertz CT molecular complexity index is 1760. The summed E-state index contributed by atoms with van der Waals surface area (Å²) in [6.45, 7) is 3.38. The maximum absolute atomic E-state index is 14.7. The fourth-order valence-electron chi connectivity index (χ4n) is 6.07. The van der Waals surface area contributed by atoms with Crippen molar-refractivity contribution in [1.29, 1.82) is 0 Å². The minimum atomic E-state index is -4.20. The zero-order valence-corrected chi connectivity index (χ0v) is 28.5. The third kappa shape index (κ3) is 8.82. The molecular weight excluding hydrogens is 630 g/mol. The highest BCUT2D eigenvalue weighted by Crippen LogP contribution is 2.30. The monoisotopic (exact) mass is 671 g/mol. The summed E-state index contributed by atoms with van der Waals surface area (Å²) in [4.78, 5) is 30.5. The summed E-state index contributed by atoms with van der Waals surface area (Å²) < 4.78 is 29.6. The van der Waals surface area contributed by atoms with Crippen LogP contribution in [0, 0.1) is 13.8 Å². The molecule has 4 aromatic carbocycles. The lowest BCUT2D eigenvalue weighted by atomic mass is 9.94. The Morgan fingerprint density at radius 2 is 1.47 bits per heavy atom. The largest absolute Gasteiger partial charge is 0.352 e. The average molecular weight is 672 g/mol. The van der Waals surface area contributed by atoms with Gasteiger partial charge in [-0.2, -0.15) is 0 Å². The van der Waals surface area contributed by atoms with Crippen LogP contribution in [0.15, 0.2) is 108 Å². The smallest absolute Gasteiger partial charge is 0.264 e. The summed E-state index contributed by atoms with van der Waals surface area (Å²) in [5.74, 6) is -0.734. The lowest BCUT2D eigenvalue weighted by Crippen LogP contribution is -2.55. The molecule has 1 saturated carbocycles. The van der Waals surface area contributed by atoms with E-state index in [-0.39, 0.29) is 29.8 Å². The van der Waals surface area contributed by atoms with Crippen LogP contribution in [-0.4, -0.2) is 43.8 Å². The van der Waals surface area contributed by atoms with Gasteiger partial charge in [0.05, 0.1) is 10.6 Å². The van der Waals surface area contributed by atoms with Crippen molar-refractivity contribution < 1.29 is 18.0 Å². The maximum atomic E-state index is 14.7. The predicted octanol–water partition coefficient (Wildman–Crippen LogP) is 7.24. The molecule has 5 rings (SSSR count). The van der Waals surface area contributed by atoms with Crippen LogP contribution >= 0.6 is 11.6 Å². The molecule has 9 heteroatoms. The summed E-state index contributed by atoms with van der Waals surface area (Å²) in [6, 6.07) is 29.6. The van der Waals surface area contributed by atoms with Gasteiger partial charge in [0.2, 0.25) is 11.8 Å². The topological polar surface area (TPSA) is 86.8 Å². The SMILES string of the molecule is Cc1ccc(CN(C(=O)CN(c2cc(Cl)ccc2C)S(=O)(=O)c2ccccc2)C(Cc2ccccc2)C(=O)NC2CCCCC2)cc1. The quantitative estimate of drug-likeness (QED) is 0.172. The molecule has 0 spiro atoms. The Hall–Kier alpha value is -4.14. The van der Waals surface area contributed by atoms with Crippen LogP contribution in [0.5, 0.6) is 0 Å². The van der Waals surface area contributed by atoms with E-state index in [0.29, 0.717) is 16.3 Å². The van der Waals surface area contributed by atoms with Crippen molar-refractivity contribution in [2.45, 2.75) is 75.9 Å². The molecule has 0 aliphatic heterocycles. The Balaban J connectivity index is 1.58. The van der Waals surface area contributed by atoms with E-state index in [1.807, 2.05) is 61.5 Å². The van der Waals surface area contributed by atoms with Crippen molar-refractivity contribution in [3.63, 3.8) is 0 Å². The molecule has 1 aliphatic rings. The van der Waals surface area contributed by atoms with E-state index < -0.39 is 28.5 Å². The molecule has 0 bridgehead atoms. The molecule has 0 aromatic heterocycles. The first-order valence-corrected chi connectivity index (χ1v) is 18.0. The molecule has 7 nitrogen and oxygen atoms in total. The van der Waals surface area contributed by atoms with E-state index in [9.17, 15) is 18.0 Å². The molecule has 1 unspecified atom stereocenters. The minimum Gasteiger partial charge on any atom is -0.352 e. The Kier molecular flexibility index (Phi) is 11.4. The molecule has 0 heterocycles. The highest BCUT2D eigenvalue weighted by molar-refractivity contribution is 7.92. The Morgan fingerprint density at radius 3 is 2.13 bits per heavy atom. The minimum absolute atomic E-state index is 0.0370. The first-order valence-electron chi connectivity index (χ1n) is 16.1. The molecule has 47 heavy (non-hydrogen) atoms. The molecule has 1 N–H and O–H groups in total. The van der Waals surface area contributed by atoms with Crippen LogP contribution in [0.1, 0.15) is 54.4 Å². The zero-order valence-electron chi connectivity index (χ0n) is 26.9. The molecule has 246 valence electrons. The highest BCUT2D eigenvalue weighted by Gasteiger charge is 2.36. The first kappa shape index (κ1) is 34.2. The second-order valence-corrected chi connectivity index (χ2v) is 14.6. The molecule has 0 saturated heterocycles. The summed E-state index contributed by atoms with van der Waals surface area (Å²) >= 11 is 6.38. The Labute approximate surface area is 283 Å². The van der Waals surface area contributed by atoms with Crippen molar-refractivity contribution in [3.05, 3.63) is 130 Å². The van der Waals surface area contributed by atoms with Crippen LogP contribution in [0.3, 0.4) is 0 Å². The van der Waals surface area contributed by atoms with Gasteiger partial charge in [-0.1, -0.05) is 115 Å². The van der Waals surface area contributed by atoms with Gasteiger partial charge in [0.15, 0.2) is 0 Å². The summed E-state index contributed by atoms with van der Waals surface area (Å²) in [5, 5.41) is 3.59. The summed E-state index contributed by atoms with van der Waals surface area (Å²) in [6.07, 6.45) is 5.31. The van der Waals surface area contributed by atoms with Crippen molar-refractivity contribution in [2.24, 2.45) is 0 Å². The number of sulfonamides is 1. The third-order valence-corrected chi connectivity index (χ3v) is 10.8. The number of anilines is 1. The second-order valence-electron chi connectivity index (χ2n) is 12.3. The fraction of sp³-hybridized carbons (Fsp3) is 0.316. The number of benzene rings is 4. The number of nitrogens with one attached hydrogen (secondary N) is 1. The van der Waals surface area contributed by atoms with E-state index >= 15 is 0 Å². The highest BCUT2D eigenvalue weighted by atomic mass is 35.5. The van der Waals surface area contributed by atoms with Crippen LogP contribution in [0.4, 0.5) is 5.69 Å². The number of carbonyl (C=O) groups is 2. The summed E-state index contributed by atoms with van der Waals surface area (Å²) in [7, 11) is -4.20. The number of hydrogen-bond donors (Lipinski definition) is 1. The van der Waals surface area contributed by atoms with Crippen molar-refractivity contribution >= 4 is 39.1 Å². The number of rotatable bonds is 12. The van der Waals surface area contributed by atoms with Gasteiger partial charge in [0.1, 0.15) is 12.6 Å². The molecule has 1 aliphatic carbocycles. The lowest BCUT2D eigenvalue weighted by molar-refractivity contribution is -0.140. The van der Waals surface area contributed by atoms with Gasteiger partial charge in [0.25, 0.3) is 10.0 Å². The molecule has 1 atom stereocenters.